The smallest absolute Gasteiger partial charge is 0.262 e. The van der Waals surface area contributed by atoms with Crippen molar-refractivity contribution < 1.29 is 14.4 Å². The van der Waals surface area contributed by atoms with E-state index in [1.165, 1.54) is 16.9 Å². The molecular weight excluding hydrogens is 448 g/mol. The first-order valence-corrected chi connectivity index (χ1v) is 10.9. The molecule has 0 radical (unpaired) electrons. The summed E-state index contributed by atoms with van der Waals surface area (Å²) in [4.78, 5) is 46.5. The lowest BCUT2D eigenvalue weighted by atomic mass is 10.1. The minimum Gasteiger partial charge on any atom is -0.300 e. The minimum atomic E-state index is -0.439. The van der Waals surface area contributed by atoms with Gasteiger partial charge in [0.15, 0.2) is 5.13 Å². The monoisotopic (exact) mass is 468 g/mol. The van der Waals surface area contributed by atoms with E-state index in [-0.39, 0.29) is 19.0 Å². The highest BCUT2D eigenvalue weighted by Gasteiger charge is 2.36. The Balaban J connectivity index is 0.00000245. The summed E-state index contributed by atoms with van der Waals surface area (Å²) in [7, 11) is 0. The molecule has 0 saturated carbocycles. The number of thiazole rings is 1. The second-order valence-corrected chi connectivity index (χ2v) is 8.71. The molecule has 1 N–H and O–H groups in total. The maximum absolute atomic E-state index is 12.5. The van der Waals surface area contributed by atoms with Crippen LogP contribution in [0.1, 0.15) is 36.9 Å². The molecule has 2 aliphatic heterocycles. The molecule has 1 aromatic heterocycles. The molecule has 0 unspecified atom stereocenters. The van der Waals surface area contributed by atoms with Crippen LogP contribution in [0.3, 0.4) is 0 Å². The number of nitrogens with one attached hydrogen (secondary N) is 1. The molecule has 7 nitrogen and oxygen atoms in total. The third-order valence-corrected chi connectivity index (χ3v) is 6.48. The van der Waals surface area contributed by atoms with Crippen LogP contribution in [0.15, 0.2) is 54.6 Å². The number of halogens is 1. The van der Waals surface area contributed by atoms with E-state index in [1.807, 2.05) is 18.2 Å². The fourth-order valence-electron chi connectivity index (χ4n) is 3.96. The molecule has 3 aromatic rings. The van der Waals surface area contributed by atoms with Crippen molar-refractivity contribution in [1.82, 2.24) is 14.8 Å². The van der Waals surface area contributed by atoms with Crippen LogP contribution >= 0.6 is 23.7 Å². The summed E-state index contributed by atoms with van der Waals surface area (Å²) in [6, 6.07) is 16.9. The summed E-state index contributed by atoms with van der Waals surface area (Å²) in [6.07, 6.45) is 0.826. The Morgan fingerprint density at radius 2 is 1.66 bits per heavy atom. The topological polar surface area (TPSA) is 82.6 Å². The van der Waals surface area contributed by atoms with Crippen LogP contribution in [0.25, 0.3) is 0 Å². The average molecular weight is 469 g/mol. The zero-order valence-electron chi connectivity index (χ0n) is 17.1. The Bertz CT molecular complexity index is 1150. The molecule has 0 saturated heterocycles. The number of rotatable bonds is 5. The van der Waals surface area contributed by atoms with Gasteiger partial charge in [0.2, 0.25) is 5.91 Å². The van der Waals surface area contributed by atoms with Crippen molar-refractivity contribution in [3.05, 3.63) is 81.9 Å². The Labute approximate surface area is 195 Å². The molecular formula is C23H21ClN4O3S. The van der Waals surface area contributed by atoms with E-state index in [0.29, 0.717) is 16.3 Å². The molecule has 3 amide bonds. The van der Waals surface area contributed by atoms with Crippen molar-refractivity contribution in [1.29, 1.82) is 0 Å². The molecule has 9 heteroatoms. The van der Waals surface area contributed by atoms with Crippen molar-refractivity contribution >= 4 is 46.6 Å². The molecule has 164 valence electrons. The highest BCUT2D eigenvalue weighted by Crippen LogP contribution is 2.29. The average Bonchev–Trinajstić information content (AvgIpc) is 3.28. The van der Waals surface area contributed by atoms with Gasteiger partial charge in [-0.3, -0.25) is 24.2 Å². The largest absolute Gasteiger partial charge is 0.300 e. The lowest BCUT2D eigenvalue weighted by Gasteiger charge is -2.25. The quantitative estimate of drug-likeness (QED) is 0.580. The lowest BCUT2D eigenvalue weighted by molar-refractivity contribution is -0.116. The second kappa shape index (κ2) is 9.20. The van der Waals surface area contributed by atoms with Gasteiger partial charge in [-0.1, -0.05) is 42.5 Å². The fourth-order valence-corrected chi connectivity index (χ4v) is 5.03. The number of hydrogen-bond donors (Lipinski definition) is 1. The Kier molecular flexibility index (Phi) is 6.36. The van der Waals surface area contributed by atoms with Crippen molar-refractivity contribution in [2.45, 2.75) is 19.5 Å². The number of anilines is 1. The summed E-state index contributed by atoms with van der Waals surface area (Å²) in [5.74, 6) is -1.31. The van der Waals surface area contributed by atoms with E-state index in [2.05, 4.69) is 27.3 Å². The van der Waals surface area contributed by atoms with Gasteiger partial charge in [0.05, 0.1) is 16.8 Å². The van der Waals surface area contributed by atoms with E-state index >= 15 is 0 Å². The first kappa shape index (κ1) is 22.1. The van der Waals surface area contributed by atoms with Crippen molar-refractivity contribution in [2.24, 2.45) is 0 Å². The number of fused-ring (bicyclic) bond motifs is 2. The minimum absolute atomic E-state index is 0. The highest BCUT2D eigenvalue weighted by molar-refractivity contribution is 7.15. The molecule has 0 aliphatic carbocycles. The predicted molar refractivity (Wildman–Crippen MR) is 124 cm³/mol. The van der Waals surface area contributed by atoms with E-state index in [4.69, 9.17) is 0 Å². The zero-order valence-corrected chi connectivity index (χ0v) is 18.7. The van der Waals surface area contributed by atoms with Crippen LogP contribution in [-0.4, -0.2) is 45.6 Å². The van der Waals surface area contributed by atoms with E-state index in [0.717, 1.165) is 41.5 Å². The molecule has 0 atom stereocenters. The first-order valence-electron chi connectivity index (χ1n) is 10.1. The molecule has 3 heterocycles. The molecule has 0 fully saturated rings. The van der Waals surface area contributed by atoms with Gasteiger partial charge in [0, 0.05) is 30.9 Å². The second-order valence-electron chi connectivity index (χ2n) is 7.63. The van der Waals surface area contributed by atoms with Crippen molar-refractivity contribution in [3.63, 3.8) is 0 Å². The summed E-state index contributed by atoms with van der Waals surface area (Å²) in [5, 5.41) is 3.27. The number of carbonyl (C=O) groups excluding carboxylic acids is 3. The SMILES string of the molecule is Cl.O=C(CN1C(=O)c2ccccc2C1=O)Nc1nc2c(s1)CN(Cc1ccccc1)CC2. The summed E-state index contributed by atoms with van der Waals surface area (Å²) >= 11 is 1.45. The fraction of sp³-hybridized carbons (Fsp3) is 0.217. The van der Waals surface area contributed by atoms with Crippen molar-refractivity contribution in [3.8, 4) is 0 Å². The van der Waals surface area contributed by atoms with Crippen LogP contribution in [-0.2, 0) is 24.3 Å². The Hall–Kier alpha value is -3.07. The normalized spacial score (nSPS) is 15.2. The van der Waals surface area contributed by atoms with E-state index in [9.17, 15) is 14.4 Å². The Morgan fingerprint density at radius 1 is 1.00 bits per heavy atom. The molecule has 0 spiro atoms. The number of aromatic nitrogens is 1. The Morgan fingerprint density at radius 3 is 2.34 bits per heavy atom. The summed E-state index contributed by atoms with van der Waals surface area (Å²) in [5.41, 5.74) is 2.95. The van der Waals surface area contributed by atoms with E-state index in [1.54, 1.807) is 24.3 Å². The molecule has 2 aromatic carbocycles. The highest BCUT2D eigenvalue weighted by atomic mass is 35.5. The van der Waals surface area contributed by atoms with Gasteiger partial charge < -0.3 is 5.32 Å². The van der Waals surface area contributed by atoms with Gasteiger partial charge in [0.1, 0.15) is 6.54 Å². The summed E-state index contributed by atoms with van der Waals surface area (Å²) in [6.45, 7) is 2.25. The molecule has 32 heavy (non-hydrogen) atoms. The number of benzene rings is 2. The van der Waals surface area contributed by atoms with Crippen LogP contribution in [0, 0.1) is 0 Å². The van der Waals surface area contributed by atoms with Crippen LogP contribution < -0.4 is 5.32 Å². The third-order valence-electron chi connectivity index (χ3n) is 5.49. The van der Waals surface area contributed by atoms with E-state index < -0.39 is 17.7 Å². The standard InChI is InChI=1S/C23H20N4O3S.ClH/c28-20(14-27-21(29)16-8-4-5-9-17(16)22(27)30)25-23-24-18-10-11-26(13-19(18)31-23)12-15-6-2-1-3-7-15;/h1-9H,10-14H2,(H,24,25,28);1H. The van der Waals surface area contributed by atoms with Gasteiger partial charge >= 0.3 is 0 Å². The maximum atomic E-state index is 12.5. The van der Waals surface area contributed by atoms with Crippen LogP contribution in [0.5, 0.6) is 0 Å². The number of carbonyl (C=O) groups is 3. The van der Waals surface area contributed by atoms with Gasteiger partial charge in [-0.05, 0) is 17.7 Å². The predicted octanol–water partition coefficient (Wildman–Crippen LogP) is 3.36. The molecule has 0 bridgehead atoms. The van der Waals surface area contributed by atoms with Gasteiger partial charge in [-0.2, -0.15) is 0 Å². The molecule has 5 rings (SSSR count). The lowest BCUT2D eigenvalue weighted by Crippen LogP contribution is -2.37. The van der Waals surface area contributed by atoms with Gasteiger partial charge in [-0.15, -0.1) is 23.7 Å². The first-order chi connectivity index (χ1) is 15.1. The van der Waals surface area contributed by atoms with Crippen LogP contribution in [0.2, 0.25) is 0 Å². The molecule has 2 aliphatic rings. The maximum Gasteiger partial charge on any atom is 0.262 e. The summed E-state index contributed by atoms with van der Waals surface area (Å²) < 4.78 is 0. The van der Waals surface area contributed by atoms with Crippen molar-refractivity contribution in [2.75, 3.05) is 18.4 Å². The number of nitrogens with zero attached hydrogens (tertiary/aromatic N) is 3. The van der Waals surface area contributed by atoms with Crippen LogP contribution in [0.4, 0.5) is 5.13 Å². The third kappa shape index (κ3) is 4.29. The number of amides is 3. The number of hydrogen-bond acceptors (Lipinski definition) is 6. The zero-order chi connectivity index (χ0) is 21.4. The number of imide groups is 1. The van der Waals surface area contributed by atoms with Gasteiger partial charge in [-0.25, -0.2) is 4.98 Å². The van der Waals surface area contributed by atoms with Gasteiger partial charge in [0.25, 0.3) is 11.8 Å².